The van der Waals surface area contributed by atoms with Gasteiger partial charge in [-0.1, -0.05) is 0 Å². The molecule has 1 heterocycles. The lowest BCUT2D eigenvalue weighted by Gasteiger charge is -2.02. The number of ether oxygens (including phenoxy) is 1. The maximum atomic E-state index is 5.34. The van der Waals surface area contributed by atoms with E-state index in [-0.39, 0.29) is 0 Å². The summed E-state index contributed by atoms with van der Waals surface area (Å²) in [6.45, 7) is 4.39. The summed E-state index contributed by atoms with van der Waals surface area (Å²) >= 11 is 0. The zero-order chi connectivity index (χ0) is 10.7. The molecule has 0 bridgehead atoms. The van der Waals surface area contributed by atoms with E-state index in [4.69, 9.17) is 9.15 Å². The minimum absolute atomic E-state index is 0.538. The van der Waals surface area contributed by atoms with Crippen LogP contribution in [0.2, 0.25) is 0 Å². The molecule has 2 aromatic rings. The molecule has 4 heteroatoms. The first-order valence-electron chi connectivity index (χ1n) is 4.83. The number of nitrogens with zero attached hydrogens (tertiary/aromatic N) is 2. The zero-order valence-electron chi connectivity index (χ0n) is 8.73. The van der Waals surface area contributed by atoms with Crippen molar-refractivity contribution in [3.63, 3.8) is 0 Å². The van der Waals surface area contributed by atoms with E-state index < -0.39 is 0 Å². The Bertz CT molecular complexity index is 434. The Balaban J connectivity index is 2.23. The molecule has 0 radical (unpaired) electrons. The van der Waals surface area contributed by atoms with Crippen LogP contribution in [0.5, 0.6) is 5.75 Å². The Morgan fingerprint density at radius 1 is 1.20 bits per heavy atom. The molecule has 0 fully saturated rings. The summed E-state index contributed by atoms with van der Waals surface area (Å²) in [5.41, 5.74) is 0.902. The number of aromatic nitrogens is 2. The van der Waals surface area contributed by atoms with Crippen LogP contribution in [-0.4, -0.2) is 16.8 Å². The molecule has 1 aromatic heterocycles. The second-order valence-electron chi connectivity index (χ2n) is 3.08. The minimum Gasteiger partial charge on any atom is -0.494 e. The predicted octanol–water partition coefficient (Wildman–Crippen LogP) is 2.44. The van der Waals surface area contributed by atoms with Gasteiger partial charge in [0.2, 0.25) is 11.8 Å². The Morgan fingerprint density at radius 2 is 1.93 bits per heavy atom. The highest BCUT2D eigenvalue weighted by Gasteiger charge is 2.05. The molecule has 0 spiro atoms. The second-order valence-corrected chi connectivity index (χ2v) is 3.08. The molecule has 0 atom stereocenters. The van der Waals surface area contributed by atoms with Crippen molar-refractivity contribution in [2.75, 3.05) is 6.61 Å². The first-order valence-corrected chi connectivity index (χ1v) is 4.83. The second kappa shape index (κ2) is 4.13. The molecule has 0 unspecified atom stereocenters. The van der Waals surface area contributed by atoms with Crippen LogP contribution in [0.1, 0.15) is 12.8 Å². The van der Waals surface area contributed by atoms with Crippen molar-refractivity contribution >= 4 is 0 Å². The molecule has 0 saturated heterocycles. The number of aryl methyl sites for hydroxylation is 1. The van der Waals surface area contributed by atoms with Crippen LogP contribution in [0.3, 0.4) is 0 Å². The van der Waals surface area contributed by atoms with Gasteiger partial charge >= 0.3 is 0 Å². The third-order valence-corrected chi connectivity index (χ3v) is 1.94. The monoisotopic (exact) mass is 204 g/mol. The van der Waals surface area contributed by atoms with Crippen molar-refractivity contribution < 1.29 is 9.15 Å². The van der Waals surface area contributed by atoms with Gasteiger partial charge in [-0.2, -0.15) is 0 Å². The number of hydrogen-bond acceptors (Lipinski definition) is 4. The van der Waals surface area contributed by atoms with Gasteiger partial charge < -0.3 is 9.15 Å². The lowest BCUT2D eigenvalue weighted by molar-refractivity contribution is 0.340. The highest BCUT2D eigenvalue weighted by molar-refractivity contribution is 5.53. The molecule has 0 aliphatic rings. The Morgan fingerprint density at radius 3 is 2.47 bits per heavy atom. The summed E-state index contributed by atoms with van der Waals surface area (Å²) in [5.74, 6) is 1.95. The Labute approximate surface area is 87.9 Å². The summed E-state index contributed by atoms with van der Waals surface area (Å²) in [6.07, 6.45) is 0. The van der Waals surface area contributed by atoms with E-state index in [1.54, 1.807) is 6.92 Å². The molecule has 78 valence electrons. The van der Waals surface area contributed by atoms with Crippen LogP contribution in [-0.2, 0) is 0 Å². The fourth-order valence-corrected chi connectivity index (χ4v) is 1.27. The van der Waals surface area contributed by atoms with Crippen molar-refractivity contribution in [1.29, 1.82) is 0 Å². The lowest BCUT2D eigenvalue weighted by atomic mass is 10.2. The van der Waals surface area contributed by atoms with E-state index in [0.717, 1.165) is 11.3 Å². The summed E-state index contributed by atoms with van der Waals surface area (Å²) in [4.78, 5) is 0. The largest absolute Gasteiger partial charge is 0.494 e. The molecule has 0 saturated carbocycles. The fraction of sp³-hybridized carbons (Fsp3) is 0.273. The first-order chi connectivity index (χ1) is 7.29. The smallest absolute Gasteiger partial charge is 0.247 e. The van der Waals surface area contributed by atoms with Gasteiger partial charge in [-0.3, -0.25) is 0 Å². The van der Waals surface area contributed by atoms with Crippen LogP contribution in [0.4, 0.5) is 0 Å². The van der Waals surface area contributed by atoms with E-state index in [0.29, 0.717) is 18.4 Å². The molecular formula is C11H12N2O2. The Hall–Kier alpha value is -1.84. The summed E-state index contributed by atoms with van der Waals surface area (Å²) in [7, 11) is 0. The Kier molecular flexibility index (Phi) is 2.67. The standard InChI is InChI=1S/C11H12N2O2/c1-3-14-10-6-4-9(5-7-10)11-13-12-8(2)15-11/h4-7H,3H2,1-2H3. The summed E-state index contributed by atoms with van der Waals surface area (Å²) in [5, 5.41) is 7.71. The lowest BCUT2D eigenvalue weighted by Crippen LogP contribution is -1.90. The van der Waals surface area contributed by atoms with Crippen LogP contribution >= 0.6 is 0 Å². The van der Waals surface area contributed by atoms with Gasteiger partial charge in [-0.05, 0) is 31.2 Å². The van der Waals surface area contributed by atoms with Crippen molar-refractivity contribution in [1.82, 2.24) is 10.2 Å². The highest BCUT2D eigenvalue weighted by Crippen LogP contribution is 2.20. The predicted molar refractivity (Wildman–Crippen MR) is 55.6 cm³/mol. The number of benzene rings is 1. The first kappa shape index (κ1) is 9.71. The zero-order valence-corrected chi connectivity index (χ0v) is 8.73. The van der Waals surface area contributed by atoms with Crippen LogP contribution in [0.15, 0.2) is 28.7 Å². The van der Waals surface area contributed by atoms with E-state index in [1.165, 1.54) is 0 Å². The van der Waals surface area contributed by atoms with E-state index in [9.17, 15) is 0 Å². The van der Waals surface area contributed by atoms with Crippen LogP contribution < -0.4 is 4.74 Å². The quantitative estimate of drug-likeness (QED) is 0.770. The third-order valence-electron chi connectivity index (χ3n) is 1.94. The van der Waals surface area contributed by atoms with Gasteiger partial charge in [0.05, 0.1) is 6.61 Å². The van der Waals surface area contributed by atoms with Crippen molar-refractivity contribution in [3.8, 4) is 17.2 Å². The molecule has 0 amide bonds. The van der Waals surface area contributed by atoms with E-state index >= 15 is 0 Å². The minimum atomic E-state index is 0.538. The molecule has 0 N–H and O–H groups in total. The van der Waals surface area contributed by atoms with Crippen LogP contribution in [0.25, 0.3) is 11.5 Å². The highest BCUT2D eigenvalue weighted by atomic mass is 16.5. The van der Waals surface area contributed by atoms with Gasteiger partial charge in [0.1, 0.15) is 5.75 Å². The molecule has 1 aromatic carbocycles. The van der Waals surface area contributed by atoms with Gasteiger partial charge in [0.25, 0.3) is 0 Å². The SMILES string of the molecule is CCOc1ccc(-c2nnc(C)o2)cc1. The maximum absolute atomic E-state index is 5.34. The number of hydrogen-bond donors (Lipinski definition) is 0. The molecule has 2 rings (SSSR count). The molecule has 0 aliphatic heterocycles. The number of rotatable bonds is 3. The maximum Gasteiger partial charge on any atom is 0.247 e. The molecule has 0 aliphatic carbocycles. The van der Waals surface area contributed by atoms with Crippen molar-refractivity contribution in [3.05, 3.63) is 30.2 Å². The van der Waals surface area contributed by atoms with Gasteiger partial charge in [0.15, 0.2) is 0 Å². The molecule has 15 heavy (non-hydrogen) atoms. The average molecular weight is 204 g/mol. The summed E-state index contributed by atoms with van der Waals surface area (Å²) in [6, 6.07) is 7.58. The summed E-state index contributed by atoms with van der Waals surface area (Å²) < 4.78 is 10.6. The van der Waals surface area contributed by atoms with Crippen molar-refractivity contribution in [2.24, 2.45) is 0 Å². The average Bonchev–Trinajstić information content (AvgIpc) is 2.67. The van der Waals surface area contributed by atoms with E-state index in [1.807, 2.05) is 31.2 Å². The van der Waals surface area contributed by atoms with Gasteiger partial charge in [-0.15, -0.1) is 10.2 Å². The topological polar surface area (TPSA) is 48.2 Å². The molecule has 4 nitrogen and oxygen atoms in total. The van der Waals surface area contributed by atoms with Crippen LogP contribution in [0, 0.1) is 6.92 Å². The fourth-order valence-electron chi connectivity index (χ4n) is 1.27. The molecular weight excluding hydrogens is 192 g/mol. The van der Waals surface area contributed by atoms with Gasteiger partial charge in [0, 0.05) is 12.5 Å². The van der Waals surface area contributed by atoms with Crippen molar-refractivity contribution in [2.45, 2.75) is 13.8 Å². The normalized spacial score (nSPS) is 10.3. The van der Waals surface area contributed by atoms with Gasteiger partial charge in [-0.25, -0.2) is 0 Å². The third kappa shape index (κ3) is 2.15. The van der Waals surface area contributed by atoms with E-state index in [2.05, 4.69) is 10.2 Å².